The summed E-state index contributed by atoms with van der Waals surface area (Å²) in [6.07, 6.45) is -0.495. The standard InChI is InChI=1S/C17H17N3O2/c1-13-15(9-10-16(18)20-13)8-5-11-19-17(21)22-12-14-6-3-2-4-7-14/h2-4,6-7,9-10H,11-12H2,1H3,(H2,18,20)(H,19,21). The van der Waals surface area contributed by atoms with Crippen LogP contribution in [0.15, 0.2) is 42.5 Å². The molecule has 5 nitrogen and oxygen atoms in total. The average Bonchev–Trinajstić information content (AvgIpc) is 2.52. The molecule has 5 heteroatoms. The quantitative estimate of drug-likeness (QED) is 0.851. The first-order valence-electron chi connectivity index (χ1n) is 6.81. The average molecular weight is 295 g/mol. The van der Waals surface area contributed by atoms with Gasteiger partial charge in [-0.1, -0.05) is 42.2 Å². The zero-order valence-electron chi connectivity index (χ0n) is 12.3. The molecular formula is C17H17N3O2. The van der Waals surface area contributed by atoms with E-state index in [9.17, 15) is 4.79 Å². The largest absolute Gasteiger partial charge is 0.445 e. The highest BCUT2D eigenvalue weighted by atomic mass is 16.5. The van der Waals surface area contributed by atoms with E-state index in [0.717, 1.165) is 16.8 Å². The van der Waals surface area contributed by atoms with Crippen LogP contribution in [0, 0.1) is 18.8 Å². The van der Waals surface area contributed by atoms with E-state index in [2.05, 4.69) is 22.1 Å². The Bertz CT molecular complexity index is 703. The molecule has 1 aromatic heterocycles. The maximum Gasteiger partial charge on any atom is 0.408 e. The van der Waals surface area contributed by atoms with Crippen LogP contribution >= 0.6 is 0 Å². The molecule has 0 spiro atoms. The summed E-state index contributed by atoms with van der Waals surface area (Å²) in [5.41, 5.74) is 8.06. The van der Waals surface area contributed by atoms with E-state index in [-0.39, 0.29) is 13.2 Å². The van der Waals surface area contributed by atoms with Crippen LogP contribution < -0.4 is 11.1 Å². The number of nitrogens with two attached hydrogens (primary N) is 1. The molecule has 0 atom stereocenters. The third kappa shape index (κ3) is 4.84. The monoisotopic (exact) mass is 295 g/mol. The number of nitrogens with zero attached hydrogens (tertiary/aromatic N) is 1. The molecule has 0 aliphatic rings. The van der Waals surface area contributed by atoms with Gasteiger partial charge in [0.25, 0.3) is 0 Å². The molecule has 0 fully saturated rings. The lowest BCUT2D eigenvalue weighted by Crippen LogP contribution is -2.24. The van der Waals surface area contributed by atoms with E-state index in [0.29, 0.717) is 5.82 Å². The molecule has 0 aliphatic carbocycles. The highest BCUT2D eigenvalue weighted by Gasteiger charge is 2.00. The molecule has 112 valence electrons. The van der Waals surface area contributed by atoms with E-state index in [1.807, 2.05) is 37.3 Å². The molecule has 0 saturated heterocycles. The van der Waals surface area contributed by atoms with Gasteiger partial charge >= 0.3 is 6.09 Å². The Morgan fingerprint density at radius 2 is 2.05 bits per heavy atom. The third-order valence-electron chi connectivity index (χ3n) is 2.86. The topological polar surface area (TPSA) is 77.2 Å². The summed E-state index contributed by atoms with van der Waals surface area (Å²) in [7, 11) is 0. The zero-order chi connectivity index (χ0) is 15.8. The predicted molar refractivity (Wildman–Crippen MR) is 84.9 cm³/mol. The minimum Gasteiger partial charge on any atom is -0.445 e. The molecule has 0 bridgehead atoms. The van der Waals surface area contributed by atoms with Crippen LogP contribution in [0.3, 0.4) is 0 Å². The Hall–Kier alpha value is -3.00. The predicted octanol–water partition coefficient (Wildman–Crippen LogP) is 2.25. The van der Waals surface area contributed by atoms with Crippen LogP contribution in [0.1, 0.15) is 16.8 Å². The van der Waals surface area contributed by atoms with Gasteiger partial charge in [0, 0.05) is 5.56 Å². The number of nitrogen functional groups attached to an aromatic ring is 1. The first kappa shape index (κ1) is 15.4. The van der Waals surface area contributed by atoms with Gasteiger partial charge in [0.05, 0.1) is 12.2 Å². The molecule has 0 unspecified atom stereocenters. The van der Waals surface area contributed by atoms with Crippen LogP contribution in [0.4, 0.5) is 10.6 Å². The normalized spacial score (nSPS) is 9.50. The Balaban J connectivity index is 1.76. The van der Waals surface area contributed by atoms with E-state index in [4.69, 9.17) is 10.5 Å². The number of ether oxygens (including phenoxy) is 1. The first-order valence-corrected chi connectivity index (χ1v) is 6.81. The summed E-state index contributed by atoms with van der Waals surface area (Å²) in [5.74, 6) is 6.24. The molecule has 0 radical (unpaired) electrons. The molecule has 1 aromatic carbocycles. The van der Waals surface area contributed by atoms with Gasteiger partial charge in [-0.2, -0.15) is 0 Å². The van der Waals surface area contributed by atoms with Gasteiger partial charge in [0.1, 0.15) is 12.4 Å². The number of carbonyl (C=O) groups excluding carboxylic acids is 1. The van der Waals surface area contributed by atoms with Crippen LogP contribution in [0.25, 0.3) is 0 Å². The van der Waals surface area contributed by atoms with Crippen molar-refractivity contribution in [2.24, 2.45) is 0 Å². The van der Waals surface area contributed by atoms with Crippen molar-refractivity contribution in [3.05, 3.63) is 59.3 Å². The minimum atomic E-state index is -0.495. The van der Waals surface area contributed by atoms with Gasteiger partial charge in [-0.3, -0.25) is 0 Å². The number of aromatic nitrogens is 1. The Morgan fingerprint density at radius 1 is 1.27 bits per heavy atom. The first-order chi connectivity index (χ1) is 10.6. The maximum absolute atomic E-state index is 11.5. The lowest BCUT2D eigenvalue weighted by atomic mass is 10.2. The Labute approximate surface area is 129 Å². The Kier molecular flexibility index (Phi) is 5.38. The fraction of sp³-hybridized carbons (Fsp3) is 0.176. The molecule has 1 heterocycles. The summed E-state index contributed by atoms with van der Waals surface area (Å²) in [4.78, 5) is 15.6. The van der Waals surface area contributed by atoms with Crippen molar-refractivity contribution >= 4 is 11.9 Å². The summed E-state index contributed by atoms with van der Waals surface area (Å²) >= 11 is 0. The minimum absolute atomic E-state index is 0.206. The number of anilines is 1. The number of amides is 1. The molecule has 0 aliphatic heterocycles. The number of benzene rings is 1. The van der Waals surface area contributed by atoms with Crippen molar-refractivity contribution in [1.29, 1.82) is 0 Å². The summed E-state index contributed by atoms with van der Waals surface area (Å²) in [6.45, 7) is 2.28. The van der Waals surface area contributed by atoms with E-state index < -0.39 is 6.09 Å². The van der Waals surface area contributed by atoms with Gasteiger partial charge in [0.15, 0.2) is 0 Å². The van der Waals surface area contributed by atoms with Gasteiger partial charge in [-0.05, 0) is 24.6 Å². The van der Waals surface area contributed by atoms with Crippen molar-refractivity contribution in [2.75, 3.05) is 12.3 Å². The molecule has 2 rings (SSSR count). The van der Waals surface area contributed by atoms with E-state index in [1.165, 1.54) is 0 Å². The second-order valence-corrected chi connectivity index (χ2v) is 4.59. The van der Waals surface area contributed by atoms with E-state index in [1.54, 1.807) is 12.1 Å². The summed E-state index contributed by atoms with van der Waals surface area (Å²) < 4.78 is 5.07. The highest BCUT2D eigenvalue weighted by molar-refractivity contribution is 5.67. The van der Waals surface area contributed by atoms with Crippen LogP contribution in [0.5, 0.6) is 0 Å². The number of alkyl carbamates (subject to hydrolysis) is 1. The molecule has 22 heavy (non-hydrogen) atoms. The maximum atomic E-state index is 11.5. The number of hydrogen-bond donors (Lipinski definition) is 2. The number of aryl methyl sites for hydroxylation is 1. The molecule has 3 N–H and O–H groups in total. The summed E-state index contributed by atoms with van der Waals surface area (Å²) in [6, 6.07) is 13.0. The van der Waals surface area contributed by atoms with Crippen molar-refractivity contribution in [2.45, 2.75) is 13.5 Å². The number of nitrogens with one attached hydrogen (secondary N) is 1. The van der Waals surface area contributed by atoms with Gasteiger partial charge in [0.2, 0.25) is 0 Å². The second kappa shape index (κ2) is 7.70. The highest BCUT2D eigenvalue weighted by Crippen LogP contribution is 2.05. The Morgan fingerprint density at radius 3 is 2.77 bits per heavy atom. The van der Waals surface area contributed by atoms with Crippen molar-refractivity contribution in [3.63, 3.8) is 0 Å². The van der Waals surface area contributed by atoms with Gasteiger partial charge in [-0.15, -0.1) is 0 Å². The van der Waals surface area contributed by atoms with Crippen molar-refractivity contribution in [1.82, 2.24) is 10.3 Å². The molecule has 0 saturated carbocycles. The summed E-state index contributed by atoms with van der Waals surface area (Å²) in [5, 5.41) is 2.57. The smallest absolute Gasteiger partial charge is 0.408 e. The molecular weight excluding hydrogens is 278 g/mol. The number of rotatable bonds is 3. The third-order valence-corrected chi connectivity index (χ3v) is 2.86. The van der Waals surface area contributed by atoms with E-state index >= 15 is 0 Å². The lowest BCUT2D eigenvalue weighted by Gasteiger charge is -2.04. The van der Waals surface area contributed by atoms with Gasteiger partial charge < -0.3 is 15.8 Å². The molecule has 2 aromatic rings. The van der Waals surface area contributed by atoms with Crippen molar-refractivity contribution in [3.8, 4) is 11.8 Å². The second-order valence-electron chi connectivity index (χ2n) is 4.59. The molecule has 1 amide bonds. The van der Waals surface area contributed by atoms with Crippen LogP contribution in [-0.4, -0.2) is 17.6 Å². The van der Waals surface area contributed by atoms with Crippen LogP contribution in [0.2, 0.25) is 0 Å². The SMILES string of the molecule is Cc1nc(N)ccc1C#CCNC(=O)OCc1ccccc1. The van der Waals surface area contributed by atoms with Crippen LogP contribution in [-0.2, 0) is 11.3 Å². The number of pyridine rings is 1. The van der Waals surface area contributed by atoms with Gasteiger partial charge in [-0.25, -0.2) is 9.78 Å². The van der Waals surface area contributed by atoms with Crippen molar-refractivity contribution < 1.29 is 9.53 Å². The fourth-order valence-electron chi connectivity index (χ4n) is 1.74. The fourth-order valence-corrected chi connectivity index (χ4v) is 1.74. The number of carbonyl (C=O) groups is 1. The lowest BCUT2D eigenvalue weighted by molar-refractivity contribution is 0.141. The number of hydrogen-bond acceptors (Lipinski definition) is 4. The zero-order valence-corrected chi connectivity index (χ0v) is 12.3.